The van der Waals surface area contributed by atoms with Gasteiger partial charge in [0, 0.05) is 35.4 Å². The molecule has 1 aromatic heterocycles. The molecule has 9 nitrogen and oxygen atoms in total. The van der Waals surface area contributed by atoms with E-state index in [1.165, 1.54) is 14.3 Å². The number of amides is 1. The fraction of sp³-hybridized carbons (Fsp3) is 0.250. The van der Waals surface area contributed by atoms with Gasteiger partial charge in [0.1, 0.15) is 0 Å². The van der Waals surface area contributed by atoms with Gasteiger partial charge >= 0.3 is 5.69 Å². The maximum atomic E-state index is 13.2. The molecule has 0 fully saturated rings. The van der Waals surface area contributed by atoms with Crippen LogP contribution in [0.3, 0.4) is 0 Å². The van der Waals surface area contributed by atoms with Crippen LogP contribution in [0.4, 0.5) is 0 Å². The van der Waals surface area contributed by atoms with Crippen LogP contribution in [-0.4, -0.2) is 39.6 Å². The number of carbonyl (C=O) groups is 1. The zero-order chi connectivity index (χ0) is 24.2. The summed E-state index contributed by atoms with van der Waals surface area (Å²) in [6.45, 7) is 2.81. The van der Waals surface area contributed by atoms with Crippen molar-refractivity contribution in [2.75, 3.05) is 13.2 Å². The molecule has 1 aliphatic rings. The van der Waals surface area contributed by atoms with Crippen molar-refractivity contribution < 1.29 is 9.63 Å². The fourth-order valence-corrected chi connectivity index (χ4v) is 4.32. The molecular formula is C24H24IN5O4. The van der Waals surface area contributed by atoms with Gasteiger partial charge < -0.3 is 5.32 Å². The van der Waals surface area contributed by atoms with Crippen molar-refractivity contribution in [2.45, 2.75) is 19.9 Å². The van der Waals surface area contributed by atoms with Gasteiger partial charge in [-0.15, -0.1) is 5.17 Å². The number of hydrogen-bond acceptors (Lipinski definition) is 6. The van der Waals surface area contributed by atoms with Crippen molar-refractivity contribution in [1.82, 2.24) is 19.6 Å². The Morgan fingerprint density at radius 2 is 2.03 bits per heavy atom. The Labute approximate surface area is 209 Å². The first-order valence-corrected chi connectivity index (χ1v) is 11.9. The smallest absolute Gasteiger partial charge is 0.331 e. The number of carbonyl (C=O) groups excluding carboxylic acids is 1. The Morgan fingerprint density at radius 1 is 1.21 bits per heavy atom. The molecule has 0 bridgehead atoms. The number of aromatic nitrogens is 2. The molecule has 0 radical (unpaired) electrons. The monoisotopic (exact) mass is 573 g/mol. The molecule has 0 saturated carbocycles. The van der Waals surface area contributed by atoms with E-state index in [-0.39, 0.29) is 12.5 Å². The molecule has 1 amide bonds. The zero-order valence-electron chi connectivity index (χ0n) is 18.8. The quantitative estimate of drug-likeness (QED) is 0.439. The molecular weight excluding hydrogens is 549 g/mol. The number of nitrogens with zero attached hydrogens (tertiary/aromatic N) is 4. The molecule has 0 unspecified atom stereocenters. The third-order valence-corrected chi connectivity index (χ3v) is 6.09. The van der Waals surface area contributed by atoms with E-state index in [9.17, 15) is 14.4 Å². The van der Waals surface area contributed by atoms with Gasteiger partial charge in [-0.2, -0.15) is 5.10 Å². The summed E-state index contributed by atoms with van der Waals surface area (Å²) in [5, 5.41) is 8.65. The summed E-state index contributed by atoms with van der Waals surface area (Å²) in [6, 6.07) is 12.4. The maximum Gasteiger partial charge on any atom is 0.331 e. The number of nitrogens with one attached hydrogen (secondary N) is 1. The largest absolute Gasteiger partial charge is 0.348 e. The SMILES string of the molecule is CCON1C=C(CNC(=O)c2ccc3c(c2)c(=O)n(Cc2cccc(I)c2)c(=O)n3C)CC=N1. The van der Waals surface area contributed by atoms with E-state index in [1.807, 2.05) is 31.2 Å². The maximum absolute atomic E-state index is 13.2. The second-order valence-electron chi connectivity index (χ2n) is 7.79. The Morgan fingerprint density at radius 3 is 2.79 bits per heavy atom. The van der Waals surface area contributed by atoms with E-state index < -0.39 is 11.2 Å². The van der Waals surface area contributed by atoms with Crippen LogP contribution < -0.4 is 16.6 Å². The number of hydroxylamine groups is 1. The van der Waals surface area contributed by atoms with E-state index in [0.29, 0.717) is 36.0 Å². The molecule has 4 rings (SSSR count). The zero-order valence-corrected chi connectivity index (χ0v) is 21.0. The summed E-state index contributed by atoms with van der Waals surface area (Å²) in [4.78, 5) is 44.3. The molecule has 0 atom stereocenters. The Kier molecular flexibility index (Phi) is 7.27. The normalized spacial score (nSPS) is 13.3. The van der Waals surface area contributed by atoms with Gasteiger partial charge in [0.05, 0.1) is 30.3 Å². The van der Waals surface area contributed by atoms with Crippen LogP contribution in [-0.2, 0) is 18.4 Å². The summed E-state index contributed by atoms with van der Waals surface area (Å²) in [5.74, 6) is -0.314. The molecule has 0 saturated heterocycles. The average molecular weight is 573 g/mol. The first kappa shape index (κ1) is 23.9. The summed E-state index contributed by atoms with van der Waals surface area (Å²) in [6.07, 6.45) is 4.06. The second kappa shape index (κ2) is 10.3. The number of halogens is 1. The van der Waals surface area contributed by atoms with E-state index in [1.54, 1.807) is 37.7 Å². The van der Waals surface area contributed by atoms with Gasteiger partial charge in [-0.25, -0.2) is 4.79 Å². The predicted molar refractivity (Wildman–Crippen MR) is 139 cm³/mol. The van der Waals surface area contributed by atoms with Crippen LogP contribution in [0.5, 0.6) is 0 Å². The minimum atomic E-state index is -0.426. The van der Waals surface area contributed by atoms with Crippen molar-refractivity contribution >= 4 is 45.6 Å². The standard InChI is InChI=1S/C24H24IN5O4/c1-3-34-30-15-17(9-10-27-30)13-26-22(31)18-7-8-21-20(12-18)23(32)29(24(33)28(21)2)14-16-5-4-6-19(25)11-16/h4-8,10-12,15H,3,9,13-14H2,1-2H3,(H,26,31). The van der Waals surface area contributed by atoms with Crippen molar-refractivity contribution in [1.29, 1.82) is 0 Å². The highest BCUT2D eigenvalue weighted by Crippen LogP contribution is 2.13. The highest BCUT2D eigenvalue weighted by atomic mass is 127. The lowest BCUT2D eigenvalue weighted by molar-refractivity contribution is -0.115. The molecule has 0 spiro atoms. The molecule has 1 N–H and O–H groups in total. The van der Waals surface area contributed by atoms with Crippen LogP contribution in [0.25, 0.3) is 10.9 Å². The molecule has 10 heteroatoms. The highest BCUT2D eigenvalue weighted by molar-refractivity contribution is 14.1. The molecule has 176 valence electrons. The van der Waals surface area contributed by atoms with Crippen molar-refractivity contribution in [2.24, 2.45) is 12.1 Å². The van der Waals surface area contributed by atoms with Crippen LogP contribution in [0.1, 0.15) is 29.3 Å². The van der Waals surface area contributed by atoms with Gasteiger partial charge in [-0.1, -0.05) is 12.1 Å². The van der Waals surface area contributed by atoms with Gasteiger partial charge in [-0.3, -0.25) is 23.6 Å². The highest BCUT2D eigenvalue weighted by Gasteiger charge is 2.15. The lowest BCUT2D eigenvalue weighted by Gasteiger charge is -2.19. The van der Waals surface area contributed by atoms with Gasteiger partial charge in [0.2, 0.25) is 0 Å². The van der Waals surface area contributed by atoms with E-state index >= 15 is 0 Å². The van der Waals surface area contributed by atoms with Gasteiger partial charge in [0.15, 0.2) is 0 Å². The van der Waals surface area contributed by atoms with Crippen LogP contribution in [0.2, 0.25) is 0 Å². The third kappa shape index (κ3) is 5.12. The predicted octanol–water partition coefficient (Wildman–Crippen LogP) is 2.61. The lowest BCUT2D eigenvalue weighted by Crippen LogP contribution is -2.39. The van der Waals surface area contributed by atoms with E-state index in [0.717, 1.165) is 14.7 Å². The molecule has 3 aromatic rings. The number of benzene rings is 2. The number of hydrazone groups is 1. The molecule has 2 heterocycles. The first-order valence-electron chi connectivity index (χ1n) is 10.8. The minimum absolute atomic E-state index is 0.154. The van der Waals surface area contributed by atoms with Crippen LogP contribution in [0.15, 0.2) is 68.9 Å². The minimum Gasteiger partial charge on any atom is -0.348 e. The molecule has 2 aromatic carbocycles. The van der Waals surface area contributed by atoms with Crippen molar-refractivity contribution in [3.8, 4) is 0 Å². The van der Waals surface area contributed by atoms with Crippen molar-refractivity contribution in [3.05, 3.63) is 89.8 Å². The summed E-state index contributed by atoms with van der Waals surface area (Å²) < 4.78 is 3.65. The number of fused-ring (bicyclic) bond motifs is 1. The molecule has 1 aliphatic heterocycles. The third-order valence-electron chi connectivity index (χ3n) is 5.42. The molecule has 0 aliphatic carbocycles. The van der Waals surface area contributed by atoms with E-state index in [2.05, 4.69) is 33.0 Å². The number of hydrogen-bond donors (Lipinski definition) is 1. The fourth-order valence-electron chi connectivity index (χ4n) is 3.71. The van der Waals surface area contributed by atoms with Crippen LogP contribution in [0, 0.1) is 3.57 Å². The van der Waals surface area contributed by atoms with Crippen molar-refractivity contribution in [3.63, 3.8) is 0 Å². The lowest BCUT2D eigenvalue weighted by atomic mass is 10.1. The first-order chi connectivity index (χ1) is 16.4. The van der Waals surface area contributed by atoms with E-state index in [4.69, 9.17) is 4.84 Å². The van der Waals surface area contributed by atoms with Gasteiger partial charge in [-0.05, 0) is 71.0 Å². The summed E-state index contributed by atoms with van der Waals surface area (Å²) in [5.41, 5.74) is 1.77. The Bertz CT molecular complexity index is 1420. The summed E-state index contributed by atoms with van der Waals surface area (Å²) in [7, 11) is 1.62. The average Bonchev–Trinajstić information content (AvgIpc) is 2.84. The Balaban J connectivity index is 1.61. The topological polar surface area (TPSA) is 97.9 Å². The second-order valence-corrected chi connectivity index (χ2v) is 9.03. The number of rotatable bonds is 7. The van der Waals surface area contributed by atoms with Crippen LogP contribution >= 0.6 is 22.6 Å². The van der Waals surface area contributed by atoms with Gasteiger partial charge in [0.25, 0.3) is 11.5 Å². The molecule has 34 heavy (non-hydrogen) atoms. The Hall–Kier alpha value is -3.25. The number of aryl methyl sites for hydroxylation is 1. The summed E-state index contributed by atoms with van der Waals surface area (Å²) >= 11 is 2.19.